The zero-order valence-corrected chi connectivity index (χ0v) is 22.9. The summed E-state index contributed by atoms with van der Waals surface area (Å²) in [4.78, 5) is 60.0. The number of hydrogen-bond donors (Lipinski definition) is 1. The van der Waals surface area contributed by atoms with E-state index in [4.69, 9.17) is 19.3 Å². The molecule has 0 fully saturated rings. The second-order valence-corrected chi connectivity index (χ2v) is 6.66. The van der Waals surface area contributed by atoms with Crippen molar-refractivity contribution in [3.8, 4) is 0 Å². The third-order valence-electron chi connectivity index (χ3n) is 2.21. The maximum Gasteiger partial charge on any atom is 3.00 e. The topological polar surface area (TPSA) is 150 Å². The molecular weight excluding hydrogens is 515 g/mol. The first-order valence-corrected chi connectivity index (χ1v) is 9.98. The van der Waals surface area contributed by atoms with Crippen LogP contribution in [0, 0.1) is 0 Å². The van der Waals surface area contributed by atoms with Crippen molar-refractivity contribution in [1.29, 1.82) is 0 Å². The van der Waals surface area contributed by atoms with Crippen molar-refractivity contribution in [3.05, 3.63) is 0 Å². The molecule has 1 N–H and O–H groups in total. The van der Waals surface area contributed by atoms with Crippen molar-refractivity contribution in [2.75, 3.05) is 39.6 Å². The van der Waals surface area contributed by atoms with Crippen LogP contribution in [0.15, 0.2) is 0 Å². The smallest absolute Gasteiger partial charge is 0.541 e. The van der Waals surface area contributed by atoms with Crippen molar-refractivity contribution in [3.63, 3.8) is 0 Å². The maximum absolute atomic E-state index is 10.4. The molecule has 0 bridgehead atoms. The van der Waals surface area contributed by atoms with Crippen LogP contribution in [0.5, 0.6) is 0 Å². The Bertz CT molecular complexity index is 434. The standard InChI is InChI=1S/3C6H9O3.C4H10O.Zr/c3*1-2-9-5-6(8)3-4-7;1-4(2,3)5;/h3*2-3,5H2,1H3;5H,1-3H3;/q3*-1;;+3. The van der Waals surface area contributed by atoms with Gasteiger partial charge < -0.3 is 33.7 Å². The van der Waals surface area contributed by atoms with Gasteiger partial charge in [-0.05, 0) is 41.5 Å². The van der Waals surface area contributed by atoms with Crippen LogP contribution in [-0.4, -0.2) is 86.6 Å². The fourth-order valence-corrected chi connectivity index (χ4v) is 1.04. The molecule has 0 saturated carbocycles. The molecule has 0 spiro atoms. The first-order chi connectivity index (χ1) is 14.9. The average molecular weight is 553 g/mol. The molecule has 0 unspecified atom stereocenters. The number of aliphatic hydroxyl groups is 1. The first kappa shape index (κ1) is 41.9. The Balaban J connectivity index is -0.000000107. The summed E-state index contributed by atoms with van der Waals surface area (Å²) in [6, 6.07) is 0. The summed E-state index contributed by atoms with van der Waals surface area (Å²) in [5.74, 6) is -0.648. The molecule has 0 amide bonds. The minimum Gasteiger partial charge on any atom is -0.541 e. The summed E-state index contributed by atoms with van der Waals surface area (Å²) >= 11 is 0. The molecule has 0 aromatic heterocycles. The molecule has 0 aromatic rings. The van der Waals surface area contributed by atoms with Gasteiger partial charge in [0, 0.05) is 19.8 Å². The predicted molar refractivity (Wildman–Crippen MR) is 117 cm³/mol. The largest absolute Gasteiger partial charge is 3.00 e. The van der Waals surface area contributed by atoms with Gasteiger partial charge in [0.15, 0.2) is 0 Å². The molecule has 10 nitrogen and oxygen atoms in total. The molecule has 0 aliphatic rings. The van der Waals surface area contributed by atoms with Gasteiger partial charge in [-0.3, -0.25) is 33.2 Å². The van der Waals surface area contributed by atoms with Crippen LogP contribution in [0.4, 0.5) is 0 Å². The van der Waals surface area contributed by atoms with Crippen LogP contribution in [0.3, 0.4) is 0 Å². The van der Waals surface area contributed by atoms with Crippen molar-refractivity contribution >= 4 is 36.2 Å². The van der Waals surface area contributed by atoms with Gasteiger partial charge in [-0.1, -0.05) is 19.3 Å². The zero-order valence-electron chi connectivity index (χ0n) is 20.5. The summed E-state index contributed by atoms with van der Waals surface area (Å²) in [6.45, 7) is 12.2. The Kier molecular flexibility index (Phi) is 41.8. The molecule has 0 atom stereocenters. The normalized spacial score (nSPS) is 9.18. The van der Waals surface area contributed by atoms with Gasteiger partial charge in [-0.2, -0.15) is 0 Å². The fraction of sp³-hybridized carbons (Fsp3) is 0.727. The van der Waals surface area contributed by atoms with E-state index in [1.807, 2.05) is 0 Å². The number of hydrogen-bond acceptors (Lipinski definition) is 10. The molecule has 33 heavy (non-hydrogen) atoms. The molecule has 1 radical (unpaired) electrons. The molecule has 0 aromatic carbocycles. The SMILES string of the molecule is CC(C)(C)O.CCOCC(=O)C[C-]=O.CCOCC(=O)C[C-]=O.CCOCC(=O)C[C-]=O.[Zr+3]. The molecule has 0 saturated heterocycles. The van der Waals surface area contributed by atoms with Gasteiger partial charge in [-0.25, -0.2) is 0 Å². The molecular formula is C22H37O10Zr. The van der Waals surface area contributed by atoms with E-state index in [0.717, 1.165) is 0 Å². The van der Waals surface area contributed by atoms with E-state index in [9.17, 15) is 28.8 Å². The van der Waals surface area contributed by atoms with Crippen molar-refractivity contribution in [1.82, 2.24) is 0 Å². The van der Waals surface area contributed by atoms with E-state index in [2.05, 4.69) is 0 Å². The van der Waals surface area contributed by atoms with Gasteiger partial charge in [0.2, 0.25) is 0 Å². The predicted octanol–water partition coefficient (Wildman–Crippen LogP) is 1.05. The van der Waals surface area contributed by atoms with E-state index < -0.39 is 5.60 Å². The number of carbonyl (C=O) groups excluding carboxylic acids is 6. The Morgan fingerprint density at radius 2 is 0.818 bits per heavy atom. The van der Waals surface area contributed by atoms with Gasteiger partial charge in [0.05, 0.1) is 5.60 Å². The third-order valence-corrected chi connectivity index (χ3v) is 2.21. The van der Waals surface area contributed by atoms with Crippen LogP contribution in [-0.2, 0) is 69.2 Å². The van der Waals surface area contributed by atoms with Crippen molar-refractivity contribution in [2.45, 2.75) is 66.4 Å². The van der Waals surface area contributed by atoms with Gasteiger partial charge in [-0.15, -0.1) is 0 Å². The fourth-order valence-electron chi connectivity index (χ4n) is 1.04. The summed E-state index contributed by atoms with van der Waals surface area (Å²) < 4.78 is 14.2. The summed E-state index contributed by atoms with van der Waals surface area (Å²) in [5.41, 5.74) is -0.500. The van der Waals surface area contributed by atoms with Crippen LogP contribution in [0.1, 0.15) is 60.8 Å². The summed E-state index contributed by atoms with van der Waals surface area (Å²) in [6.07, 6.45) is 4.03. The molecule has 189 valence electrons. The second-order valence-electron chi connectivity index (χ2n) is 6.66. The Morgan fingerprint density at radius 3 is 0.939 bits per heavy atom. The second kappa shape index (κ2) is 32.9. The van der Waals surface area contributed by atoms with E-state index in [1.165, 1.54) is 18.9 Å². The molecule has 0 aliphatic heterocycles. The van der Waals surface area contributed by atoms with E-state index in [1.54, 1.807) is 41.5 Å². The van der Waals surface area contributed by atoms with E-state index in [0.29, 0.717) is 19.8 Å². The maximum atomic E-state index is 10.4. The number of carbonyl (C=O) groups is 3. The summed E-state index contributed by atoms with van der Waals surface area (Å²) in [5, 5.41) is 8.52. The van der Waals surface area contributed by atoms with Crippen LogP contribution >= 0.6 is 0 Å². The number of ether oxygens (including phenoxy) is 3. The number of rotatable bonds is 15. The molecule has 0 heterocycles. The van der Waals surface area contributed by atoms with E-state index >= 15 is 0 Å². The average Bonchev–Trinajstić information content (AvgIpc) is 2.69. The van der Waals surface area contributed by atoms with Crippen LogP contribution in [0.2, 0.25) is 0 Å². The Morgan fingerprint density at radius 1 is 0.636 bits per heavy atom. The van der Waals surface area contributed by atoms with Crippen molar-refractivity contribution < 1.29 is 74.3 Å². The molecule has 11 heteroatoms. The number of ketones is 3. The third kappa shape index (κ3) is 65.2. The van der Waals surface area contributed by atoms with Gasteiger partial charge in [0.1, 0.15) is 37.2 Å². The minimum absolute atomic E-state index is 0. The minimum atomic E-state index is -0.500. The van der Waals surface area contributed by atoms with Crippen molar-refractivity contribution in [2.24, 2.45) is 0 Å². The molecule has 0 rings (SSSR count). The van der Waals surface area contributed by atoms with Gasteiger partial charge in [0.25, 0.3) is 0 Å². The van der Waals surface area contributed by atoms with Crippen LogP contribution < -0.4 is 0 Å². The number of Topliss-reactive ketones (excluding diaryl/α,β-unsaturated/α-hetero) is 3. The van der Waals surface area contributed by atoms with E-state index in [-0.39, 0.29) is 82.6 Å². The molecule has 0 aliphatic carbocycles. The quantitative estimate of drug-likeness (QED) is 0.231. The Labute approximate surface area is 216 Å². The zero-order chi connectivity index (χ0) is 25.8. The first-order valence-electron chi connectivity index (χ1n) is 9.98. The summed E-state index contributed by atoms with van der Waals surface area (Å²) in [7, 11) is 0. The Hall–Kier alpha value is -1.26. The monoisotopic (exact) mass is 551 g/mol. The van der Waals surface area contributed by atoms with Gasteiger partial charge >= 0.3 is 26.2 Å². The van der Waals surface area contributed by atoms with Crippen LogP contribution in [0.25, 0.3) is 0 Å².